The van der Waals surface area contributed by atoms with Gasteiger partial charge in [-0.25, -0.2) is 14.4 Å². The number of rotatable bonds is 5. The van der Waals surface area contributed by atoms with Crippen molar-refractivity contribution in [1.29, 1.82) is 0 Å². The van der Waals surface area contributed by atoms with Gasteiger partial charge in [-0.3, -0.25) is 0 Å². The molecule has 6 nitrogen and oxygen atoms in total. The molecule has 1 aliphatic rings. The SMILES string of the molecule is CCc1nc2ccc(C3CCNCC3)cn2c1C(N)c1nc(-c2ccc(F)cc2)ns1. The van der Waals surface area contributed by atoms with Crippen molar-refractivity contribution in [2.24, 2.45) is 5.73 Å². The van der Waals surface area contributed by atoms with Gasteiger partial charge < -0.3 is 15.5 Å². The quantitative estimate of drug-likeness (QED) is 0.493. The van der Waals surface area contributed by atoms with Gasteiger partial charge in [0.15, 0.2) is 5.82 Å². The number of halogens is 1. The molecule has 0 spiro atoms. The highest BCUT2D eigenvalue weighted by atomic mass is 32.1. The topological polar surface area (TPSA) is 81.1 Å². The number of aromatic nitrogens is 4. The number of aryl methyl sites for hydroxylation is 1. The number of piperidine rings is 1. The number of pyridine rings is 1. The number of nitrogens with one attached hydrogen (secondary N) is 1. The highest BCUT2D eigenvalue weighted by Crippen LogP contribution is 2.31. The Balaban J connectivity index is 1.53. The van der Waals surface area contributed by atoms with E-state index in [4.69, 9.17) is 10.7 Å². The number of fused-ring (bicyclic) bond motifs is 1. The Kier molecular flexibility index (Phi) is 5.52. The first-order valence-corrected chi connectivity index (χ1v) is 11.5. The third kappa shape index (κ3) is 3.86. The summed E-state index contributed by atoms with van der Waals surface area (Å²) in [4.78, 5) is 9.50. The predicted octanol–water partition coefficient (Wildman–Crippen LogP) is 4.07. The second-order valence-corrected chi connectivity index (χ2v) is 8.74. The number of imidazole rings is 1. The minimum atomic E-state index is -0.431. The molecule has 1 aromatic carbocycles. The molecule has 0 bridgehead atoms. The van der Waals surface area contributed by atoms with Gasteiger partial charge in [0.1, 0.15) is 22.5 Å². The summed E-state index contributed by atoms with van der Waals surface area (Å²) in [5.41, 5.74) is 11.7. The molecule has 5 rings (SSSR count). The van der Waals surface area contributed by atoms with Crippen LogP contribution in [0.4, 0.5) is 4.39 Å². The van der Waals surface area contributed by atoms with Crippen molar-refractivity contribution >= 4 is 17.2 Å². The van der Waals surface area contributed by atoms with E-state index in [-0.39, 0.29) is 5.82 Å². The van der Waals surface area contributed by atoms with Crippen molar-refractivity contribution in [2.45, 2.75) is 38.1 Å². The van der Waals surface area contributed by atoms with E-state index in [1.165, 1.54) is 29.2 Å². The lowest BCUT2D eigenvalue weighted by molar-refractivity contribution is 0.459. The van der Waals surface area contributed by atoms with Crippen LogP contribution in [0.1, 0.15) is 53.7 Å². The van der Waals surface area contributed by atoms with Crippen LogP contribution < -0.4 is 11.1 Å². The summed E-state index contributed by atoms with van der Waals surface area (Å²) in [6.45, 7) is 4.20. The van der Waals surface area contributed by atoms with Crippen LogP contribution in [0.5, 0.6) is 0 Å². The third-order valence-electron chi connectivity index (χ3n) is 6.00. The fourth-order valence-corrected chi connectivity index (χ4v) is 4.99. The molecule has 4 heterocycles. The van der Waals surface area contributed by atoms with Gasteiger partial charge in [0, 0.05) is 11.8 Å². The number of hydrogen-bond acceptors (Lipinski definition) is 6. The zero-order valence-electron chi connectivity index (χ0n) is 17.4. The standard InChI is InChI=1S/C23H25FN6S/c1-2-18-21(20(25)23-28-22(29-31-23)15-3-6-17(24)7-4-15)30-13-16(5-8-19(30)27-18)14-9-11-26-12-10-14/h3-8,13-14,20,26H,2,9-12,25H2,1H3. The zero-order chi connectivity index (χ0) is 21.4. The van der Waals surface area contributed by atoms with Crippen LogP contribution >= 0.6 is 11.5 Å². The van der Waals surface area contributed by atoms with E-state index in [1.807, 2.05) is 0 Å². The maximum Gasteiger partial charge on any atom is 0.173 e. The van der Waals surface area contributed by atoms with Gasteiger partial charge in [-0.15, -0.1) is 0 Å². The first-order chi connectivity index (χ1) is 15.1. The van der Waals surface area contributed by atoms with E-state index < -0.39 is 6.04 Å². The molecule has 0 amide bonds. The third-order valence-corrected chi connectivity index (χ3v) is 6.80. The lowest BCUT2D eigenvalue weighted by atomic mass is 9.91. The maximum atomic E-state index is 13.2. The van der Waals surface area contributed by atoms with Crippen molar-refractivity contribution in [2.75, 3.05) is 13.1 Å². The maximum absolute atomic E-state index is 13.2. The molecule has 1 atom stereocenters. The molecule has 3 aromatic heterocycles. The Labute approximate surface area is 184 Å². The molecule has 0 radical (unpaired) electrons. The van der Waals surface area contributed by atoms with Crippen molar-refractivity contribution < 1.29 is 4.39 Å². The molecule has 31 heavy (non-hydrogen) atoms. The largest absolute Gasteiger partial charge is 0.317 e. The lowest BCUT2D eigenvalue weighted by Gasteiger charge is -2.23. The molecule has 160 valence electrons. The zero-order valence-corrected chi connectivity index (χ0v) is 18.2. The molecule has 1 unspecified atom stereocenters. The molecule has 0 saturated carbocycles. The summed E-state index contributed by atoms with van der Waals surface area (Å²) in [5.74, 6) is 0.838. The summed E-state index contributed by atoms with van der Waals surface area (Å²) in [6, 6.07) is 10.1. The minimum absolute atomic E-state index is 0.279. The van der Waals surface area contributed by atoms with Crippen LogP contribution in [0.25, 0.3) is 17.0 Å². The Morgan fingerprint density at radius 3 is 2.68 bits per heavy atom. The van der Waals surface area contributed by atoms with Crippen molar-refractivity contribution in [3.63, 3.8) is 0 Å². The molecular weight excluding hydrogens is 411 g/mol. The summed E-state index contributed by atoms with van der Waals surface area (Å²) in [5, 5.41) is 4.16. The van der Waals surface area contributed by atoms with Crippen LogP contribution in [0, 0.1) is 5.82 Å². The van der Waals surface area contributed by atoms with Gasteiger partial charge in [0.25, 0.3) is 0 Å². The lowest BCUT2D eigenvalue weighted by Crippen LogP contribution is -2.26. The molecule has 4 aromatic rings. The fraction of sp³-hybridized carbons (Fsp3) is 0.348. The van der Waals surface area contributed by atoms with Crippen molar-refractivity contribution in [3.8, 4) is 11.4 Å². The van der Waals surface area contributed by atoms with Crippen LogP contribution in [0.15, 0.2) is 42.6 Å². The molecule has 1 saturated heterocycles. The van der Waals surface area contributed by atoms with Crippen molar-refractivity contribution in [3.05, 3.63) is 70.4 Å². The average molecular weight is 437 g/mol. The number of benzene rings is 1. The van der Waals surface area contributed by atoms with Crippen LogP contribution in [-0.2, 0) is 6.42 Å². The van der Waals surface area contributed by atoms with E-state index >= 15 is 0 Å². The van der Waals surface area contributed by atoms with Gasteiger partial charge in [0.05, 0.1) is 11.4 Å². The predicted molar refractivity (Wildman–Crippen MR) is 121 cm³/mol. The first kappa shape index (κ1) is 20.2. The Hall–Kier alpha value is -2.68. The molecular formula is C23H25FN6S. The van der Waals surface area contributed by atoms with Gasteiger partial charge in [0.2, 0.25) is 0 Å². The fourth-order valence-electron chi connectivity index (χ4n) is 4.31. The normalized spacial score (nSPS) is 16.1. The second kappa shape index (κ2) is 8.45. The summed E-state index contributed by atoms with van der Waals surface area (Å²) in [7, 11) is 0. The molecule has 0 aliphatic carbocycles. The first-order valence-electron chi connectivity index (χ1n) is 10.7. The van der Waals surface area contributed by atoms with Crippen LogP contribution in [0.2, 0.25) is 0 Å². The Bertz CT molecular complexity index is 1190. The number of nitrogens with two attached hydrogens (primary N) is 1. The van der Waals surface area contributed by atoms with Crippen molar-refractivity contribution in [1.82, 2.24) is 24.1 Å². The van der Waals surface area contributed by atoms with Crippen LogP contribution in [-0.4, -0.2) is 31.8 Å². The number of nitrogens with zero attached hydrogens (tertiary/aromatic N) is 4. The monoisotopic (exact) mass is 436 g/mol. The highest BCUT2D eigenvalue weighted by Gasteiger charge is 2.24. The molecule has 3 N–H and O–H groups in total. The van der Waals surface area contributed by atoms with E-state index in [9.17, 15) is 4.39 Å². The van der Waals surface area contributed by atoms with E-state index in [2.05, 4.69) is 44.3 Å². The summed E-state index contributed by atoms with van der Waals surface area (Å²) in [6.07, 6.45) is 5.27. The van der Waals surface area contributed by atoms with E-state index in [1.54, 1.807) is 12.1 Å². The van der Waals surface area contributed by atoms with Gasteiger partial charge in [-0.05, 0) is 85.7 Å². The molecule has 8 heteroatoms. The summed E-state index contributed by atoms with van der Waals surface area (Å²) < 4.78 is 19.9. The average Bonchev–Trinajstić information content (AvgIpc) is 3.44. The van der Waals surface area contributed by atoms with E-state index in [0.717, 1.165) is 60.0 Å². The van der Waals surface area contributed by atoms with Crippen LogP contribution in [0.3, 0.4) is 0 Å². The molecule has 1 fully saturated rings. The van der Waals surface area contributed by atoms with Gasteiger partial charge in [-0.2, -0.15) is 4.37 Å². The minimum Gasteiger partial charge on any atom is -0.317 e. The second-order valence-electron chi connectivity index (χ2n) is 7.95. The summed E-state index contributed by atoms with van der Waals surface area (Å²) >= 11 is 1.29. The van der Waals surface area contributed by atoms with Gasteiger partial charge >= 0.3 is 0 Å². The van der Waals surface area contributed by atoms with Gasteiger partial charge in [-0.1, -0.05) is 13.0 Å². The number of hydrogen-bond donors (Lipinski definition) is 2. The highest BCUT2D eigenvalue weighted by molar-refractivity contribution is 7.05. The molecule has 1 aliphatic heterocycles. The Morgan fingerprint density at radius 2 is 1.94 bits per heavy atom. The smallest absolute Gasteiger partial charge is 0.173 e. The Morgan fingerprint density at radius 1 is 1.16 bits per heavy atom. The van der Waals surface area contributed by atoms with E-state index in [0.29, 0.717) is 11.7 Å².